The van der Waals surface area contributed by atoms with Gasteiger partial charge in [-0.1, -0.05) is 30.3 Å². The number of rotatable bonds is 8. The van der Waals surface area contributed by atoms with E-state index in [2.05, 4.69) is 5.32 Å². The van der Waals surface area contributed by atoms with Crippen molar-refractivity contribution in [1.82, 2.24) is 5.32 Å². The Kier molecular flexibility index (Phi) is 6.63. The van der Waals surface area contributed by atoms with Crippen LogP contribution in [0.15, 0.2) is 71.3 Å². The Morgan fingerprint density at radius 2 is 1.90 bits per heavy atom. The van der Waals surface area contributed by atoms with E-state index in [1.54, 1.807) is 6.07 Å². The van der Waals surface area contributed by atoms with Crippen LogP contribution in [0, 0.1) is 5.82 Å². The Bertz CT molecular complexity index is 957. The molecule has 0 fully saturated rings. The third kappa shape index (κ3) is 5.44. The van der Waals surface area contributed by atoms with Crippen molar-refractivity contribution in [2.75, 3.05) is 7.11 Å². The van der Waals surface area contributed by atoms with Crippen molar-refractivity contribution in [3.8, 4) is 5.75 Å². The molecule has 0 saturated carbocycles. The molecule has 0 spiro atoms. The summed E-state index contributed by atoms with van der Waals surface area (Å²) in [6, 6.07) is 15.3. The molecule has 7 heteroatoms. The molecule has 29 heavy (non-hydrogen) atoms. The van der Waals surface area contributed by atoms with Crippen LogP contribution in [0.2, 0.25) is 0 Å². The first-order chi connectivity index (χ1) is 14.1. The van der Waals surface area contributed by atoms with E-state index in [0.717, 1.165) is 5.56 Å². The van der Waals surface area contributed by atoms with Crippen LogP contribution in [0.3, 0.4) is 0 Å². The highest BCUT2D eigenvalue weighted by Crippen LogP contribution is 2.20. The molecular weight excluding hydrogens is 377 g/mol. The molecule has 0 aliphatic carbocycles. The Morgan fingerprint density at radius 1 is 1.10 bits per heavy atom. The van der Waals surface area contributed by atoms with Gasteiger partial charge >= 0.3 is 5.97 Å². The predicted octanol–water partition coefficient (Wildman–Crippen LogP) is 3.51. The highest BCUT2D eigenvalue weighted by molar-refractivity contribution is 5.94. The van der Waals surface area contributed by atoms with E-state index in [1.807, 2.05) is 30.3 Å². The SMILES string of the molecule is COc1ccc(F)cc1COC(=O)C(Cc1ccccc1)NC(=O)c1ccco1. The fraction of sp³-hybridized carbons (Fsp3) is 0.182. The summed E-state index contributed by atoms with van der Waals surface area (Å²) in [6.45, 7) is -0.193. The van der Waals surface area contributed by atoms with E-state index >= 15 is 0 Å². The fourth-order valence-corrected chi connectivity index (χ4v) is 2.79. The summed E-state index contributed by atoms with van der Waals surface area (Å²) in [5.74, 6) is -1.17. The quantitative estimate of drug-likeness (QED) is 0.589. The fourth-order valence-electron chi connectivity index (χ4n) is 2.79. The van der Waals surface area contributed by atoms with Crippen molar-refractivity contribution in [3.05, 3.63) is 89.6 Å². The van der Waals surface area contributed by atoms with Crippen molar-refractivity contribution in [3.63, 3.8) is 0 Å². The second kappa shape index (κ2) is 9.54. The van der Waals surface area contributed by atoms with E-state index in [1.165, 1.54) is 37.6 Å². The molecule has 1 N–H and O–H groups in total. The highest BCUT2D eigenvalue weighted by Gasteiger charge is 2.25. The molecule has 1 aromatic heterocycles. The maximum Gasteiger partial charge on any atom is 0.329 e. The van der Waals surface area contributed by atoms with Gasteiger partial charge in [0.25, 0.3) is 5.91 Å². The van der Waals surface area contributed by atoms with Crippen LogP contribution in [-0.2, 0) is 22.6 Å². The number of nitrogens with one attached hydrogen (secondary N) is 1. The molecular formula is C22H20FNO5. The second-order valence-corrected chi connectivity index (χ2v) is 6.26. The summed E-state index contributed by atoms with van der Waals surface area (Å²) in [4.78, 5) is 25.1. The summed E-state index contributed by atoms with van der Waals surface area (Å²) < 4.78 is 29.1. The van der Waals surface area contributed by atoms with Gasteiger partial charge in [0.1, 0.15) is 24.2 Å². The van der Waals surface area contributed by atoms with Crippen LogP contribution in [0.4, 0.5) is 4.39 Å². The molecule has 1 atom stereocenters. The lowest BCUT2D eigenvalue weighted by atomic mass is 10.1. The molecule has 0 radical (unpaired) electrons. The first kappa shape index (κ1) is 20.1. The topological polar surface area (TPSA) is 77.8 Å². The molecule has 0 saturated heterocycles. The molecule has 1 amide bonds. The van der Waals surface area contributed by atoms with Gasteiger partial charge in [-0.2, -0.15) is 0 Å². The van der Waals surface area contributed by atoms with Gasteiger partial charge < -0.3 is 19.2 Å². The summed E-state index contributed by atoms with van der Waals surface area (Å²) in [6.07, 6.45) is 1.60. The maximum absolute atomic E-state index is 13.5. The number of carbonyl (C=O) groups is 2. The maximum atomic E-state index is 13.5. The summed E-state index contributed by atoms with van der Waals surface area (Å²) in [5, 5.41) is 2.63. The van der Waals surface area contributed by atoms with Crippen LogP contribution in [-0.4, -0.2) is 25.0 Å². The van der Waals surface area contributed by atoms with Crippen LogP contribution in [0.5, 0.6) is 5.75 Å². The zero-order valence-electron chi connectivity index (χ0n) is 15.8. The van der Waals surface area contributed by atoms with Gasteiger partial charge in [0.05, 0.1) is 13.4 Å². The Labute approximate surface area is 167 Å². The minimum Gasteiger partial charge on any atom is -0.496 e. The monoisotopic (exact) mass is 397 g/mol. The van der Waals surface area contributed by atoms with Crippen LogP contribution in [0.25, 0.3) is 0 Å². The molecule has 3 rings (SSSR count). The molecule has 3 aromatic rings. The molecule has 6 nitrogen and oxygen atoms in total. The first-order valence-electron chi connectivity index (χ1n) is 8.94. The Hall–Kier alpha value is -3.61. The zero-order chi connectivity index (χ0) is 20.6. The molecule has 2 aromatic carbocycles. The van der Waals surface area contributed by atoms with Crippen molar-refractivity contribution < 1.29 is 27.9 Å². The Morgan fingerprint density at radius 3 is 2.59 bits per heavy atom. The van der Waals surface area contributed by atoms with E-state index in [9.17, 15) is 14.0 Å². The molecule has 0 aliphatic rings. The normalized spacial score (nSPS) is 11.5. The van der Waals surface area contributed by atoms with Crippen LogP contribution in [0.1, 0.15) is 21.7 Å². The number of furan rings is 1. The van der Waals surface area contributed by atoms with E-state index < -0.39 is 23.7 Å². The van der Waals surface area contributed by atoms with Crippen molar-refractivity contribution in [2.45, 2.75) is 19.1 Å². The molecule has 1 unspecified atom stereocenters. The van der Waals surface area contributed by atoms with Crippen molar-refractivity contribution >= 4 is 11.9 Å². The van der Waals surface area contributed by atoms with Gasteiger partial charge in [-0.05, 0) is 35.9 Å². The van der Waals surface area contributed by atoms with Gasteiger partial charge in [0.2, 0.25) is 0 Å². The van der Waals surface area contributed by atoms with Gasteiger partial charge in [0, 0.05) is 12.0 Å². The molecule has 1 heterocycles. The number of amides is 1. The molecule has 0 bridgehead atoms. The van der Waals surface area contributed by atoms with E-state index in [4.69, 9.17) is 13.9 Å². The highest BCUT2D eigenvalue weighted by atomic mass is 19.1. The predicted molar refractivity (Wildman–Crippen MR) is 103 cm³/mol. The minimum atomic E-state index is -0.949. The van der Waals surface area contributed by atoms with Gasteiger partial charge in [-0.25, -0.2) is 9.18 Å². The smallest absolute Gasteiger partial charge is 0.329 e. The second-order valence-electron chi connectivity index (χ2n) is 6.26. The first-order valence-corrected chi connectivity index (χ1v) is 8.94. The number of benzene rings is 2. The van der Waals surface area contributed by atoms with Crippen molar-refractivity contribution in [2.24, 2.45) is 0 Å². The zero-order valence-corrected chi connectivity index (χ0v) is 15.8. The largest absolute Gasteiger partial charge is 0.496 e. The number of ether oxygens (including phenoxy) is 2. The summed E-state index contributed by atoms with van der Waals surface area (Å²) >= 11 is 0. The van der Waals surface area contributed by atoms with Crippen molar-refractivity contribution in [1.29, 1.82) is 0 Å². The number of esters is 1. The lowest BCUT2D eigenvalue weighted by molar-refractivity contribution is -0.147. The van der Waals surface area contributed by atoms with E-state index in [-0.39, 0.29) is 18.8 Å². The third-order valence-electron chi connectivity index (χ3n) is 4.23. The summed E-state index contributed by atoms with van der Waals surface area (Å²) in [7, 11) is 1.44. The van der Waals surface area contributed by atoms with Gasteiger partial charge in [-0.3, -0.25) is 4.79 Å². The molecule has 150 valence electrons. The van der Waals surface area contributed by atoms with Crippen LogP contribution >= 0.6 is 0 Å². The average molecular weight is 397 g/mol. The lowest BCUT2D eigenvalue weighted by Crippen LogP contribution is -2.43. The Balaban J connectivity index is 1.73. The lowest BCUT2D eigenvalue weighted by Gasteiger charge is -2.18. The van der Waals surface area contributed by atoms with Crippen LogP contribution < -0.4 is 10.1 Å². The number of halogens is 1. The molecule has 0 aliphatic heterocycles. The van der Waals surface area contributed by atoms with E-state index in [0.29, 0.717) is 11.3 Å². The standard InChI is InChI=1S/C22H20FNO5/c1-27-19-10-9-17(23)13-16(19)14-29-22(26)18(12-15-6-3-2-4-7-15)24-21(25)20-8-5-11-28-20/h2-11,13,18H,12,14H2,1H3,(H,24,25). The number of hydrogen-bond acceptors (Lipinski definition) is 5. The average Bonchev–Trinajstić information content (AvgIpc) is 3.27. The van der Waals surface area contributed by atoms with Gasteiger partial charge in [0.15, 0.2) is 5.76 Å². The number of hydrogen-bond donors (Lipinski definition) is 1. The number of carbonyl (C=O) groups excluding carboxylic acids is 2. The van der Waals surface area contributed by atoms with Gasteiger partial charge in [-0.15, -0.1) is 0 Å². The number of methoxy groups -OCH3 is 1. The minimum absolute atomic E-state index is 0.0858. The third-order valence-corrected chi connectivity index (χ3v) is 4.23. The summed E-state index contributed by atoms with van der Waals surface area (Å²) in [5.41, 5.74) is 1.23.